The quantitative estimate of drug-likeness (QED) is 0.843. The van der Waals surface area contributed by atoms with Crippen LogP contribution < -0.4 is 5.32 Å². The second kappa shape index (κ2) is 6.33. The summed E-state index contributed by atoms with van der Waals surface area (Å²) in [6.45, 7) is 5.04. The number of amides is 1. The molecule has 0 unspecified atom stereocenters. The van der Waals surface area contributed by atoms with Crippen molar-refractivity contribution in [3.63, 3.8) is 0 Å². The van der Waals surface area contributed by atoms with Crippen LogP contribution in [0, 0.1) is 11.3 Å². The van der Waals surface area contributed by atoms with E-state index in [4.69, 9.17) is 9.52 Å². The minimum atomic E-state index is -1.09. The van der Waals surface area contributed by atoms with Gasteiger partial charge >= 0.3 is 5.97 Å². The van der Waals surface area contributed by atoms with Gasteiger partial charge in [-0.1, -0.05) is 26.7 Å². The lowest BCUT2D eigenvalue weighted by Gasteiger charge is -2.31. The third kappa shape index (κ3) is 3.86. The molecular weight excluding hydrogens is 270 g/mol. The lowest BCUT2D eigenvalue weighted by atomic mass is 9.78. The predicted molar refractivity (Wildman–Crippen MR) is 78.4 cm³/mol. The van der Waals surface area contributed by atoms with Crippen LogP contribution in [0.3, 0.4) is 0 Å². The first-order valence-electron chi connectivity index (χ1n) is 7.52. The van der Waals surface area contributed by atoms with E-state index in [1.807, 2.05) is 0 Å². The summed E-state index contributed by atoms with van der Waals surface area (Å²) in [6.07, 6.45) is 6.91. The summed E-state index contributed by atoms with van der Waals surface area (Å²) in [7, 11) is 0. The molecule has 1 aliphatic carbocycles. The lowest BCUT2D eigenvalue weighted by Crippen LogP contribution is -2.36. The Morgan fingerprint density at radius 2 is 2.05 bits per heavy atom. The van der Waals surface area contributed by atoms with Crippen molar-refractivity contribution < 1.29 is 19.1 Å². The SMILES string of the molecule is CC(C)CC1(CNC(=O)c2cc(C(=O)O)co2)CCCC1. The largest absolute Gasteiger partial charge is 0.478 e. The summed E-state index contributed by atoms with van der Waals surface area (Å²) in [5, 5.41) is 11.7. The molecule has 1 aromatic rings. The van der Waals surface area contributed by atoms with Crippen molar-refractivity contribution in [3.8, 4) is 0 Å². The van der Waals surface area contributed by atoms with Crippen LogP contribution in [0.1, 0.15) is 66.9 Å². The Labute approximate surface area is 124 Å². The number of carbonyl (C=O) groups excluding carboxylic acids is 1. The molecule has 1 fully saturated rings. The van der Waals surface area contributed by atoms with E-state index in [0.29, 0.717) is 12.5 Å². The average Bonchev–Trinajstić information content (AvgIpc) is 3.04. The van der Waals surface area contributed by atoms with Gasteiger partial charge in [-0.2, -0.15) is 0 Å². The topological polar surface area (TPSA) is 79.5 Å². The van der Waals surface area contributed by atoms with Crippen LogP contribution in [-0.4, -0.2) is 23.5 Å². The van der Waals surface area contributed by atoms with Crippen LogP contribution in [0.25, 0.3) is 0 Å². The second-order valence-electron chi connectivity index (χ2n) is 6.49. The molecule has 2 rings (SSSR count). The number of rotatable bonds is 6. The predicted octanol–water partition coefficient (Wildman–Crippen LogP) is 3.31. The second-order valence-corrected chi connectivity index (χ2v) is 6.49. The first-order valence-corrected chi connectivity index (χ1v) is 7.52. The Bertz CT molecular complexity index is 512. The van der Waals surface area contributed by atoms with E-state index in [1.54, 1.807) is 0 Å². The monoisotopic (exact) mass is 293 g/mol. The van der Waals surface area contributed by atoms with E-state index in [0.717, 1.165) is 25.5 Å². The maximum atomic E-state index is 12.1. The number of furan rings is 1. The molecule has 0 aliphatic heterocycles. The van der Waals surface area contributed by atoms with Crippen LogP contribution in [0.4, 0.5) is 0 Å². The normalized spacial score (nSPS) is 17.1. The van der Waals surface area contributed by atoms with E-state index in [-0.39, 0.29) is 22.6 Å². The molecule has 1 heterocycles. The summed E-state index contributed by atoms with van der Waals surface area (Å²) >= 11 is 0. The van der Waals surface area contributed by atoms with Crippen LogP contribution in [-0.2, 0) is 0 Å². The summed E-state index contributed by atoms with van der Waals surface area (Å²) in [5.74, 6) is -0.769. The minimum Gasteiger partial charge on any atom is -0.478 e. The van der Waals surface area contributed by atoms with Crippen LogP contribution in [0.2, 0.25) is 0 Å². The third-order valence-corrected chi connectivity index (χ3v) is 4.20. The molecule has 0 aromatic carbocycles. The molecular formula is C16H23NO4. The number of carbonyl (C=O) groups is 2. The number of nitrogens with one attached hydrogen (secondary N) is 1. The fraction of sp³-hybridized carbons (Fsp3) is 0.625. The molecule has 0 saturated heterocycles. The van der Waals surface area contributed by atoms with Crippen LogP contribution >= 0.6 is 0 Å². The summed E-state index contributed by atoms with van der Waals surface area (Å²) in [4.78, 5) is 22.9. The van der Waals surface area contributed by atoms with E-state index in [2.05, 4.69) is 19.2 Å². The van der Waals surface area contributed by atoms with Gasteiger partial charge in [0.1, 0.15) is 6.26 Å². The van der Waals surface area contributed by atoms with E-state index in [9.17, 15) is 9.59 Å². The van der Waals surface area contributed by atoms with Gasteiger partial charge in [-0.15, -0.1) is 0 Å². The number of hydrogen-bond acceptors (Lipinski definition) is 3. The molecule has 1 saturated carbocycles. The van der Waals surface area contributed by atoms with E-state index >= 15 is 0 Å². The smallest absolute Gasteiger partial charge is 0.338 e. The summed E-state index contributed by atoms with van der Waals surface area (Å²) < 4.78 is 5.02. The summed E-state index contributed by atoms with van der Waals surface area (Å²) in [5.41, 5.74) is 0.185. The molecule has 1 amide bonds. The fourth-order valence-corrected chi connectivity index (χ4v) is 3.37. The molecule has 5 nitrogen and oxygen atoms in total. The maximum absolute atomic E-state index is 12.1. The summed E-state index contributed by atoms with van der Waals surface area (Å²) in [6, 6.07) is 1.27. The molecule has 0 bridgehead atoms. The number of hydrogen-bond donors (Lipinski definition) is 2. The van der Waals surface area contributed by atoms with Gasteiger partial charge in [0.15, 0.2) is 5.76 Å². The highest BCUT2D eigenvalue weighted by atomic mass is 16.4. The molecule has 0 atom stereocenters. The Morgan fingerprint density at radius 1 is 1.38 bits per heavy atom. The molecule has 1 aromatic heterocycles. The number of aromatic carboxylic acids is 1. The zero-order valence-corrected chi connectivity index (χ0v) is 12.6. The first-order chi connectivity index (χ1) is 9.92. The van der Waals surface area contributed by atoms with Gasteiger partial charge in [-0.25, -0.2) is 4.79 Å². The maximum Gasteiger partial charge on any atom is 0.338 e. The van der Waals surface area contributed by atoms with Crippen molar-refractivity contribution in [2.45, 2.75) is 46.0 Å². The third-order valence-electron chi connectivity index (χ3n) is 4.20. The van der Waals surface area contributed by atoms with Gasteiger partial charge in [0.25, 0.3) is 5.91 Å². The molecule has 2 N–H and O–H groups in total. The highest BCUT2D eigenvalue weighted by Gasteiger charge is 2.34. The highest BCUT2D eigenvalue weighted by molar-refractivity contribution is 5.95. The zero-order valence-electron chi connectivity index (χ0n) is 12.6. The van der Waals surface area contributed by atoms with Gasteiger partial charge in [0, 0.05) is 12.6 Å². The average molecular weight is 293 g/mol. The molecule has 21 heavy (non-hydrogen) atoms. The van der Waals surface area contributed by atoms with Gasteiger partial charge in [0.2, 0.25) is 0 Å². The van der Waals surface area contributed by atoms with Crippen molar-refractivity contribution in [1.82, 2.24) is 5.32 Å². The minimum absolute atomic E-state index is 0.00194. The van der Waals surface area contributed by atoms with Crippen molar-refractivity contribution >= 4 is 11.9 Å². The number of carboxylic acids is 1. The molecule has 1 aliphatic rings. The molecule has 0 radical (unpaired) electrons. The first kappa shape index (κ1) is 15.6. The Kier molecular flexibility index (Phi) is 4.70. The Hall–Kier alpha value is -1.78. The Balaban J connectivity index is 1.96. The van der Waals surface area contributed by atoms with Crippen molar-refractivity contribution in [2.75, 3.05) is 6.54 Å². The van der Waals surface area contributed by atoms with Gasteiger partial charge in [0.05, 0.1) is 5.56 Å². The number of carboxylic acid groups (broad SMARTS) is 1. The molecule has 116 valence electrons. The van der Waals surface area contributed by atoms with Crippen molar-refractivity contribution in [1.29, 1.82) is 0 Å². The van der Waals surface area contributed by atoms with Crippen LogP contribution in [0.15, 0.2) is 16.7 Å². The zero-order chi connectivity index (χ0) is 15.5. The highest BCUT2D eigenvalue weighted by Crippen LogP contribution is 2.42. The van der Waals surface area contributed by atoms with E-state index < -0.39 is 5.97 Å². The van der Waals surface area contributed by atoms with Crippen LogP contribution in [0.5, 0.6) is 0 Å². The van der Waals surface area contributed by atoms with Crippen molar-refractivity contribution in [2.24, 2.45) is 11.3 Å². The van der Waals surface area contributed by atoms with Gasteiger partial charge in [-0.05, 0) is 30.6 Å². The lowest BCUT2D eigenvalue weighted by molar-refractivity contribution is 0.0696. The fourth-order valence-electron chi connectivity index (χ4n) is 3.37. The van der Waals surface area contributed by atoms with Crippen molar-refractivity contribution in [3.05, 3.63) is 23.7 Å². The molecule has 0 spiro atoms. The standard InChI is InChI=1S/C16H23NO4/c1-11(2)8-16(5-3-4-6-16)10-17-14(18)13-7-12(9-21-13)15(19)20/h7,9,11H,3-6,8,10H2,1-2H3,(H,17,18)(H,19,20). The molecule has 5 heteroatoms. The Morgan fingerprint density at radius 3 is 2.57 bits per heavy atom. The van der Waals surface area contributed by atoms with Gasteiger partial charge < -0.3 is 14.8 Å². The van der Waals surface area contributed by atoms with E-state index in [1.165, 1.54) is 18.9 Å². The van der Waals surface area contributed by atoms with Gasteiger partial charge in [-0.3, -0.25) is 4.79 Å².